The van der Waals surface area contributed by atoms with E-state index in [1.165, 1.54) is 0 Å². The minimum absolute atomic E-state index is 0. The Morgan fingerprint density at radius 3 is 0.905 bits per heavy atom. The first-order valence-corrected chi connectivity index (χ1v) is 7.14. The van der Waals surface area contributed by atoms with E-state index in [2.05, 4.69) is 0 Å². The Kier molecular flexibility index (Phi) is 7.17. The second-order valence-corrected chi connectivity index (χ2v) is 7.65. The zero-order chi connectivity index (χ0) is 15.6. The number of ketones is 4. The van der Waals surface area contributed by atoms with Crippen LogP contribution in [0, 0.1) is 10.8 Å². The molecule has 2 aliphatic carbocycles. The van der Waals surface area contributed by atoms with Crippen LogP contribution in [-0.2, 0) is 17.1 Å². The summed E-state index contributed by atoms with van der Waals surface area (Å²) >= 11 is 0. The molecule has 4 nitrogen and oxygen atoms in total. The van der Waals surface area contributed by atoms with Gasteiger partial charge in [-0.1, -0.05) is 27.7 Å². The second-order valence-electron chi connectivity index (χ2n) is 7.65. The topological polar surface area (TPSA) is 85.6 Å². The third-order valence-corrected chi connectivity index (χ3v) is 3.55. The molecule has 0 aromatic carbocycles. The molecule has 2 saturated carbocycles. The molecular formula is C16H28CuO4+4. The van der Waals surface area contributed by atoms with Crippen molar-refractivity contribution < 1.29 is 36.2 Å². The summed E-state index contributed by atoms with van der Waals surface area (Å²) in [6.07, 6.45) is 3.66. The molecule has 0 atom stereocenters. The molecule has 0 amide bonds. The molecule has 2 aliphatic rings. The van der Waals surface area contributed by atoms with Crippen molar-refractivity contribution >= 4 is 23.1 Å². The molecule has 0 saturated heterocycles. The van der Waals surface area contributed by atoms with Crippen molar-refractivity contribution in [2.45, 2.75) is 66.2 Å². The van der Waals surface area contributed by atoms with Gasteiger partial charge in [0, 0.05) is 17.1 Å². The Balaban J connectivity index is 0.000000364. The summed E-state index contributed by atoms with van der Waals surface area (Å²) in [6.45, 7) is 8.16. The van der Waals surface area contributed by atoms with Crippen molar-refractivity contribution in [1.29, 1.82) is 0 Å². The molecule has 1 radical (unpaired) electrons. The fourth-order valence-electron chi connectivity index (χ4n) is 3.06. The Morgan fingerprint density at radius 2 is 0.762 bits per heavy atom. The van der Waals surface area contributed by atoms with Gasteiger partial charge in [0.1, 0.15) is 0 Å². The van der Waals surface area contributed by atoms with Crippen LogP contribution in [0.15, 0.2) is 0 Å². The molecule has 21 heavy (non-hydrogen) atoms. The van der Waals surface area contributed by atoms with Gasteiger partial charge in [-0.3, -0.25) is 19.2 Å². The van der Waals surface area contributed by atoms with Crippen molar-refractivity contribution in [3.8, 4) is 0 Å². The quantitative estimate of drug-likeness (QED) is 0.366. The molecule has 0 aromatic rings. The summed E-state index contributed by atoms with van der Waals surface area (Å²) in [6, 6.07) is 0. The predicted octanol–water partition coefficient (Wildman–Crippen LogP) is 2.57. The molecule has 0 heterocycles. The van der Waals surface area contributed by atoms with Gasteiger partial charge in [0.25, 0.3) is 0 Å². The van der Waals surface area contributed by atoms with Crippen molar-refractivity contribution in [1.82, 2.24) is 0 Å². The molecule has 123 valence electrons. The van der Waals surface area contributed by atoms with Crippen LogP contribution in [0.4, 0.5) is 0 Å². The molecule has 0 bridgehead atoms. The molecule has 5 heteroatoms. The van der Waals surface area contributed by atoms with Crippen molar-refractivity contribution in [3.63, 3.8) is 0 Å². The van der Waals surface area contributed by atoms with E-state index in [9.17, 15) is 0 Å². The molecule has 0 aromatic heterocycles. The van der Waals surface area contributed by atoms with Gasteiger partial charge < -0.3 is 0 Å². The number of carbonyl (C=O) groups excluding carboxylic acids is 4. The van der Waals surface area contributed by atoms with Gasteiger partial charge in [0.15, 0.2) is 12.8 Å². The van der Waals surface area contributed by atoms with Gasteiger partial charge in [-0.15, -0.1) is 0 Å². The van der Waals surface area contributed by atoms with E-state index in [0.717, 1.165) is 25.7 Å². The minimum Gasteiger partial charge on any atom is -0.283 e. The third kappa shape index (κ3) is 7.68. The summed E-state index contributed by atoms with van der Waals surface area (Å²) in [7, 11) is 0. The zero-order valence-electron chi connectivity index (χ0n) is 13.3. The molecule has 0 spiro atoms. The number of rotatable bonds is 0. The van der Waals surface area contributed by atoms with E-state index in [1.807, 2.05) is 27.7 Å². The SMILES string of the molecule is CC1(C)CC(=[OH+])CC(=[OH+])C1.CC1(C)CC(=[OH+])CC(=[OH+])C1.[Cu]. The Morgan fingerprint density at radius 1 is 0.571 bits per heavy atom. The van der Waals surface area contributed by atoms with Gasteiger partial charge in [0.2, 0.25) is 0 Å². The van der Waals surface area contributed by atoms with Crippen LogP contribution >= 0.6 is 0 Å². The smallest absolute Gasteiger partial charge is 0.283 e. The van der Waals surface area contributed by atoms with Crippen LogP contribution in [-0.4, -0.2) is 42.3 Å². The average Bonchev–Trinajstić information content (AvgIpc) is 2.08. The maximum absolute atomic E-state index is 9.15. The Hall–Kier alpha value is -0.801. The van der Waals surface area contributed by atoms with Crippen molar-refractivity contribution in [2.24, 2.45) is 10.8 Å². The first-order valence-electron chi connectivity index (χ1n) is 7.14. The van der Waals surface area contributed by atoms with Crippen LogP contribution in [0.1, 0.15) is 66.2 Å². The summed E-state index contributed by atoms with van der Waals surface area (Å²) in [5.74, 6) is 1.64. The molecule has 0 aliphatic heterocycles. The number of hydrogen-bond donors (Lipinski definition) is 0. The van der Waals surface area contributed by atoms with E-state index < -0.39 is 0 Å². The monoisotopic (exact) mass is 347 g/mol. The van der Waals surface area contributed by atoms with E-state index in [0.29, 0.717) is 36.0 Å². The van der Waals surface area contributed by atoms with Gasteiger partial charge in [0.05, 0.1) is 25.7 Å². The van der Waals surface area contributed by atoms with E-state index in [1.54, 1.807) is 0 Å². The Bertz CT molecular complexity index is 371. The molecular weight excluding hydrogens is 320 g/mol. The summed E-state index contributed by atoms with van der Waals surface area (Å²) in [4.78, 5) is 36.6. The predicted molar refractivity (Wildman–Crippen MR) is 83.0 cm³/mol. The summed E-state index contributed by atoms with van der Waals surface area (Å²) in [5, 5.41) is 0. The first-order chi connectivity index (χ1) is 8.99. The molecule has 2 rings (SSSR count). The first kappa shape index (κ1) is 20.2. The van der Waals surface area contributed by atoms with Crippen LogP contribution in [0.3, 0.4) is 0 Å². The summed E-state index contributed by atoms with van der Waals surface area (Å²) in [5.41, 5.74) is 0.0961. The maximum Gasteiger partial charge on any atom is 0.306 e. The van der Waals surface area contributed by atoms with E-state index in [-0.39, 0.29) is 27.9 Å². The molecule has 2 fully saturated rings. The Labute approximate surface area is 136 Å². The van der Waals surface area contributed by atoms with Crippen LogP contribution in [0.2, 0.25) is 0 Å². The average molecular weight is 348 g/mol. The van der Waals surface area contributed by atoms with Gasteiger partial charge >= 0.3 is 23.1 Å². The van der Waals surface area contributed by atoms with Gasteiger partial charge in [-0.2, -0.15) is 0 Å². The maximum atomic E-state index is 9.15. The van der Waals surface area contributed by atoms with Gasteiger partial charge in [-0.05, 0) is 10.8 Å². The van der Waals surface area contributed by atoms with Crippen LogP contribution in [0.5, 0.6) is 0 Å². The van der Waals surface area contributed by atoms with E-state index in [4.69, 9.17) is 19.2 Å². The van der Waals surface area contributed by atoms with Gasteiger partial charge in [-0.25, -0.2) is 0 Å². The van der Waals surface area contributed by atoms with Crippen molar-refractivity contribution in [2.75, 3.05) is 0 Å². The normalized spacial score (nSPS) is 23.8. The minimum atomic E-state index is 0. The van der Waals surface area contributed by atoms with E-state index >= 15 is 0 Å². The number of hydrogen-bond acceptors (Lipinski definition) is 0. The van der Waals surface area contributed by atoms with Crippen molar-refractivity contribution in [3.05, 3.63) is 0 Å². The van der Waals surface area contributed by atoms with Crippen LogP contribution in [0.25, 0.3) is 0 Å². The molecule has 4 N–H and O–H groups in total. The largest absolute Gasteiger partial charge is 0.306 e. The van der Waals surface area contributed by atoms with Crippen LogP contribution < -0.4 is 0 Å². The summed E-state index contributed by atoms with van der Waals surface area (Å²) < 4.78 is 0. The zero-order valence-corrected chi connectivity index (χ0v) is 14.3. The fraction of sp³-hybridized carbons (Fsp3) is 0.750. The third-order valence-electron chi connectivity index (χ3n) is 3.55. The standard InChI is InChI=1S/2C8H12O2.Cu/c2*1-8(2)4-6(9)3-7(10)5-8;/h2*3-5H2,1-2H3;/p+4. The second kappa shape index (κ2) is 7.46. The fourth-order valence-corrected chi connectivity index (χ4v) is 3.06. The molecule has 0 unspecified atom stereocenters.